The molecule has 0 saturated heterocycles. The molecule has 11 aromatic rings. The van der Waals surface area contributed by atoms with Gasteiger partial charge in [0.2, 0.25) is 0 Å². The maximum absolute atomic E-state index is 6.64. The number of hydrogen-bond acceptors (Lipinski definition) is 5. The zero-order valence-electron chi connectivity index (χ0n) is 27.1. The molecule has 0 aliphatic carbocycles. The van der Waals surface area contributed by atoms with Crippen LogP contribution in [-0.2, 0) is 0 Å². The van der Waals surface area contributed by atoms with Gasteiger partial charge in [-0.3, -0.25) is 0 Å². The van der Waals surface area contributed by atoms with Crippen molar-refractivity contribution in [2.75, 3.05) is 0 Å². The fourth-order valence-electron chi connectivity index (χ4n) is 7.52. The molecule has 0 aliphatic rings. The monoisotopic (exact) mass is 654 g/mol. The van der Waals surface area contributed by atoms with Crippen molar-refractivity contribution in [3.05, 3.63) is 158 Å². The summed E-state index contributed by atoms with van der Waals surface area (Å²) < 4.78 is 15.6. The third kappa shape index (κ3) is 4.20. The van der Waals surface area contributed by atoms with E-state index in [-0.39, 0.29) is 0 Å². The Morgan fingerprint density at radius 2 is 0.765 bits per heavy atom. The molecule has 0 saturated carbocycles. The van der Waals surface area contributed by atoms with Crippen LogP contribution in [0.25, 0.3) is 106 Å². The first-order valence-electron chi connectivity index (χ1n) is 16.9. The van der Waals surface area contributed by atoms with Crippen LogP contribution in [0.2, 0.25) is 0 Å². The van der Waals surface area contributed by atoms with Gasteiger partial charge in [0.25, 0.3) is 0 Å². The lowest BCUT2D eigenvalue weighted by Gasteiger charge is -2.11. The summed E-state index contributed by atoms with van der Waals surface area (Å²) in [4.78, 5) is 14.8. The number of rotatable bonds is 4. The van der Waals surface area contributed by atoms with Crippen LogP contribution in [0.4, 0.5) is 0 Å². The Hall–Kier alpha value is -7.05. The number of hydrogen-bond donors (Lipinski definition) is 0. The number of para-hydroxylation sites is 2. The molecular weight excluding hydrogens is 629 g/mol. The van der Waals surface area contributed by atoms with Crippen molar-refractivity contribution in [2.24, 2.45) is 0 Å². The summed E-state index contributed by atoms with van der Waals surface area (Å²) in [5.41, 5.74) is 9.30. The smallest absolute Gasteiger partial charge is 0.164 e. The van der Waals surface area contributed by atoms with Crippen LogP contribution in [0, 0.1) is 0 Å². The minimum Gasteiger partial charge on any atom is -0.455 e. The Morgan fingerprint density at radius 3 is 1.24 bits per heavy atom. The molecule has 0 bridgehead atoms. The van der Waals surface area contributed by atoms with Crippen LogP contribution >= 0.6 is 0 Å². The second-order valence-corrected chi connectivity index (χ2v) is 12.8. The average Bonchev–Trinajstić information content (AvgIpc) is 3.88. The lowest BCUT2D eigenvalue weighted by Crippen LogP contribution is -2.00. The van der Waals surface area contributed by atoms with Crippen LogP contribution in [0.3, 0.4) is 0 Å². The fourth-order valence-corrected chi connectivity index (χ4v) is 7.52. The normalized spacial score (nSPS) is 11.9. The van der Waals surface area contributed by atoms with Crippen LogP contribution in [0.5, 0.6) is 0 Å². The molecule has 238 valence electrons. The highest BCUT2D eigenvalue weighted by Crippen LogP contribution is 2.45. The molecule has 6 nitrogen and oxygen atoms in total. The Bertz CT molecular complexity index is 2940. The zero-order valence-corrected chi connectivity index (χ0v) is 27.1. The largest absolute Gasteiger partial charge is 0.455 e. The lowest BCUT2D eigenvalue weighted by atomic mass is 10.1. The highest BCUT2D eigenvalue weighted by atomic mass is 16.3. The van der Waals surface area contributed by atoms with E-state index >= 15 is 0 Å². The summed E-state index contributed by atoms with van der Waals surface area (Å²) in [5, 5.41) is 6.42. The molecule has 7 aromatic carbocycles. The standard InChI is InChI=1S/C45H26N4O2/c1-3-11-27(12-4-1)43-46-44(28-13-5-2-6-14-28)48-45(47-43)29-19-21-30(22-20-29)49-35-25-23-33-31-15-7-9-17-37(31)50-41(33)39(35)40-36(49)26-24-34-32-16-8-10-18-38(32)51-42(34)40/h1-26H. The molecule has 6 heteroatoms. The van der Waals surface area contributed by atoms with Gasteiger partial charge in [-0.2, -0.15) is 0 Å². The maximum atomic E-state index is 6.64. The van der Waals surface area contributed by atoms with Crippen molar-refractivity contribution in [3.8, 4) is 39.9 Å². The van der Waals surface area contributed by atoms with Gasteiger partial charge in [0.15, 0.2) is 17.5 Å². The first-order valence-corrected chi connectivity index (χ1v) is 16.9. The Balaban J connectivity index is 1.14. The number of nitrogens with zero attached hydrogens (tertiary/aromatic N) is 4. The van der Waals surface area contributed by atoms with Crippen molar-refractivity contribution in [1.82, 2.24) is 19.5 Å². The third-order valence-corrected chi connectivity index (χ3v) is 9.86. The van der Waals surface area contributed by atoms with E-state index in [4.69, 9.17) is 23.8 Å². The van der Waals surface area contributed by atoms with E-state index in [0.717, 1.165) is 88.1 Å². The van der Waals surface area contributed by atoms with E-state index in [1.54, 1.807) is 0 Å². The Kier molecular flexibility index (Phi) is 5.86. The summed E-state index contributed by atoms with van der Waals surface area (Å²) in [5.74, 6) is 1.88. The van der Waals surface area contributed by atoms with Crippen molar-refractivity contribution >= 4 is 65.7 Å². The Labute approximate surface area is 290 Å². The fraction of sp³-hybridized carbons (Fsp3) is 0. The highest BCUT2D eigenvalue weighted by molar-refractivity contribution is 6.30. The summed E-state index contributed by atoms with van der Waals surface area (Å²) in [6, 6.07) is 53.7. The van der Waals surface area contributed by atoms with Crippen molar-refractivity contribution < 1.29 is 8.83 Å². The predicted molar refractivity (Wildman–Crippen MR) is 205 cm³/mol. The molecule has 0 fully saturated rings. The van der Waals surface area contributed by atoms with Crippen molar-refractivity contribution in [1.29, 1.82) is 0 Å². The maximum Gasteiger partial charge on any atom is 0.164 e. The number of furan rings is 2. The van der Waals surface area contributed by atoms with E-state index in [9.17, 15) is 0 Å². The highest BCUT2D eigenvalue weighted by Gasteiger charge is 2.23. The second-order valence-electron chi connectivity index (χ2n) is 12.8. The molecule has 0 amide bonds. The summed E-state index contributed by atoms with van der Waals surface area (Å²) in [6.07, 6.45) is 0. The van der Waals surface area contributed by atoms with Gasteiger partial charge in [0.1, 0.15) is 22.3 Å². The SMILES string of the molecule is c1ccc(-c2nc(-c3ccccc3)nc(-c3ccc(-n4c5ccc6c7ccccc7oc6c5c5c6oc7ccccc7c6ccc54)cc3)n2)cc1. The van der Waals surface area contributed by atoms with Gasteiger partial charge in [-0.05, 0) is 60.7 Å². The second kappa shape index (κ2) is 10.7. The molecule has 51 heavy (non-hydrogen) atoms. The molecule has 4 aromatic heterocycles. The van der Waals surface area contributed by atoms with Gasteiger partial charge in [0, 0.05) is 43.9 Å². The molecule has 11 rings (SSSR count). The molecule has 0 N–H and O–H groups in total. The molecule has 0 unspecified atom stereocenters. The average molecular weight is 655 g/mol. The van der Waals surface area contributed by atoms with Gasteiger partial charge < -0.3 is 13.4 Å². The van der Waals surface area contributed by atoms with E-state index in [1.807, 2.05) is 84.9 Å². The Morgan fingerprint density at radius 1 is 0.353 bits per heavy atom. The molecule has 0 spiro atoms. The minimum atomic E-state index is 0.615. The van der Waals surface area contributed by atoms with E-state index in [0.29, 0.717) is 17.5 Å². The molecule has 0 atom stereocenters. The van der Waals surface area contributed by atoms with Crippen LogP contribution in [0.1, 0.15) is 0 Å². The molecular formula is C45H26N4O2. The van der Waals surface area contributed by atoms with Crippen molar-refractivity contribution in [3.63, 3.8) is 0 Å². The molecule has 0 radical (unpaired) electrons. The first kappa shape index (κ1) is 27.9. The van der Waals surface area contributed by atoms with E-state index in [2.05, 4.69) is 77.4 Å². The number of fused-ring (bicyclic) bond motifs is 11. The number of aromatic nitrogens is 4. The predicted octanol–water partition coefficient (Wildman–Crippen LogP) is 11.8. The van der Waals surface area contributed by atoms with Gasteiger partial charge in [-0.25, -0.2) is 15.0 Å². The third-order valence-electron chi connectivity index (χ3n) is 9.86. The number of benzene rings is 7. The molecule has 4 heterocycles. The first-order chi connectivity index (χ1) is 25.3. The quantitative estimate of drug-likeness (QED) is 0.189. The molecule has 0 aliphatic heterocycles. The van der Waals surface area contributed by atoms with Crippen LogP contribution in [-0.4, -0.2) is 19.5 Å². The van der Waals surface area contributed by atoms with Crippen LogP contribution in [0.15, 0.2) is 167 Å². The van der Waals surface area contributed by atoms with Gasteiger partial charge >= 0.3 is 0 Å². The van der Waals surface area contributed by atoms with Crippen molar-refractivity contribution in [2.45, 2.75) is 0 Å². The van der Waals surface area contributed by atoms with Gasteiger partial charge in [0.05, 0.1) is 21.8 Å². The summed E-state index contributed by atoms with van der Waals surface area (Å²) in [7, 11) is 0. The summed E-state index contributed by atoms with van der Waals surface area (Å²) >= 11 is 0. The lowest BCUT2D eigenvalue weighted by molar-refractivity contribution is 0.670. The topological polar surface area (TPSA) is 69.9 Å². The summed E-state index contributed by atoms with van der Waals surface area (Å²) in [6.45, 7) is 0. The van der Waals surface area contributed by atoms with Crippen LogP contribution < -0.4 is 0 Å². The van der Waals surface area contributed by atoms with E-state index in [1.165, 1.54) is 0 Å². The zero-order chi connectivity index (χ0) is 33.5. The van der Waals surface area contributed by atoms with E-state index < -0.39 is 0 Å². The van der Waals surface area contributed by atoms with Gasteiger partial charge in [-0.1, -0.05) is 97.1 Å². The van der Waals surface area contributed by atoms with Gasteiger partial charge in [-0.15, -0.1) is 0 Å². The minimum absolute atomic E-state index is 0.615.